The lowest BCUT2D eigenvalue weighted by atomic mass is 10.2. The summed E-state index contributed by atoms with van der Waals surface area (Å²) >= 11 is 15.5. The third kappa shape index (κ3) is 7.01. The van der Waals surface area contributed by atoms with E-state index >= 15 is 0 Å². The van der Waals surface area contributed by atoms with Crippen molar-refractivity contribution in [3.63, 3.8) is 0 Å². The first kappa shape index (κ1) is 26.9. The lowest BCUT2D eigenvalue weighted by Crippen LogP contribution is -2.31. The van der Waals surface area contributed by atoms with Crippen molar-refractivity contribution in [2.75, 3.05) is 34.4 Å². The van der Waals surface area contributed by atoms with E-state index in [0.29, 0.717) is 23.1 Å². The molecule has 2 aromatic carbocycles. The summed E-state index contributed by atoms with van der Waals surface area (Å²) in [6, 6.07) is 10.9. The molecule has 0 aromatic heterocycles. The predicted molar refractivity (Wildman–Crippen MR) is 140 cm³/mol. The molecular formula is C21H20Cl2N2O6S4-2. The molecule has 1 unspecified atom stereocenters. The molecular weight excluding hydrogens is 575 g/mol. The average Bonchev–Trinajstić information content (AvgIpc) is 3.24. The lowest BCUT2D eigenvalue weighted by molar-refractivity contribution is 0.459. The molecule has 0 saturated heterocycles. The molecule has 0 N–H and O–H groups in total. The van der Waals surface area contributed by atoms with Crippen LogP contribution in [0.3, 0.4) is 0 Å². The molecule has 2 aliphatic rings. The van der Waals surface area contributed by atoms with Gasteiger partial charge in [-0.05, 0) is 55.3 Å². The van der Waals surface area contributed by atoms with E-state index in [2.05, 4.69) is 0 Å². The maximum absolute atomic E-state index is 11.1. The van der Waals surface area contributed by atoms with Crippen LogP contribution in [0.5, 0.6) is 0 Å². The molecule has 35 heavy (non-hydrogen) atoms. The largest absolute Gasteiger partial charge is 0.748 e. The standard InChI is InChI=1S/C21H22Cl2N2O6S4/c22-14-3-5-18-16(11-14)24(7-1-9-34(26,27)28)20(32-18)13-21-25(8-2-10-35(29,30)31)17-12-15(23)4-6-19(17)33-21/h3-6,11-13,20H,1-2,7-10H2,(H,26,27,28)(H,29,30,31)/p-2/b21-13-. The van der Waals surface area contributed by atoms with E-state index in [1.807, 2.05) is 28.0 Å². The third-order valence-electron chi connectivity index (χ3n) is 5.33. The SMILES string of the molecule is O=S(=O)([O-])CCCN1/C(=C/C2Sc3ccc(Cl)cc3N2CCCS(=O)(=O)[O-])Sc2ccc(Cl)cc21. The Morgan fingerprint density at radius 3 is 2.06 bits per heavy atom. The van der Waals surface area contributed by atoms with Gasteiger partial charge in [-0.3, -0.25) is 0 Å². The van der Waals surface area contributed by atoms with Crippen molar-refractivity contribution in [1.82, 2.24) is 0 Å². The fraction of sp³-hybridized carbons (Fsp3) is 0.333. The molecule has 14 heteroatoms. The number of benzene rings is 2. The molecule has 0 radical (unpaired) electrons. The Hall–Kier alpha value is -1.12. The number of thioether (sulfide) groups is 2. The molecule has 2 aromatic rings. The molecule has 0 saturated carbocycles. The quantitative estimate of drug-likeness (QED) is 0.382. The zero-order valence-corrected chi connectivity index (χ0v) is 22.9. The minimum atomic E-state index is -4.34. The van der Waals surface area contributed by atoms with Crippen LogP contribution in [0.15, 0.2) is 57.3 Å². The highest BCUT2D eigenvalue weighted by atomic mass is 35.5. The van der Waals surface area contributed by atoms with Crippen molar-refractivity contribution in [1.29, 1.82) is 0 Å². The van der Waals surface area contributed by atoms with Crippen molar-refractivity contribution in [3.05, 3.63) is 57.5 Å². The number of fused-ring (bicyclic) bond motifs is 2. The molecule has 0 amide bonds. The van der Waals surface area contributed by atoms with Crippen LogP contribution in [0.1, 0.15) is 12.8 Å². The predicted octanol–water partition coefficient (Wildman–Crippen LogP) is 4.56. The van der Waals surface area contributed by atoms with Crippen LogP contribution in [-0.4, -0.2) is 55.9 Å². The molecule has 2 aliphatic heterocycles. The molecule has 0 fully saturated rings. The van der Waals surface area contributed by atoms with Crippen LogP contribution < -0.4 is 9.80 Å². The zero-order valence-electron chi connectivity index (χ0n) is 18.1. The second-order valence-electron chi connectivity index (χ2n) is 7.92. The summed E-state index contributed by atoms with van der Waals surface area (Å²) in [4.78, 5) is 5.85. The Balaban J connectivity index is 1.63. The van der Waals surface area contributed by atoms with E-state index in [1.54, 1.807) is 36.0 Å². The van der Waals surface area contributed by atoms with Crippen LogP contribution in [0.2, 0.25) is 10.0 Å². The zero-order chi connectivity index (χ0) is 25.4. The molecule has 8 nitrogen and oxygen atoms in total. The summed E-state index contributed by atoms with van der Waals surface area (Å²) in [6.07, 6.45) is 2.31. The van der Waals surface area contributed by atoms with E-state index in [9.17, 15) is 25.9 Å². The van der Waals surface area contributed by atoms with E-state index in [1.165, 1.54) is 11.8 Å². The van der Waals surface area contributed by atoms with Gasteiger partial charge in [0.15, 0.2) is 0 Å². The van der Waals surface area contributed by atoms with Gasteiger partial charge in [0, 0.05) is 44.4 Å². The third-order valence-corrected chi connectivity index (χ3v) is 9.74. The van der Waals surface area contributed by atoms with Crippen LogP contribution >= 0.6 is 46.7 Å². The number of hydrogen-bond acceptors (Lipinski definition) is 10. The van der Waals surface area contributed by atoms with Gasteiger partial charge >= 0.3 is 0 Å². The summed E-state index contributed by atoms with van der Waals surface area (Å²) in [5, 5.41) is 1.68. The van der Waals surface area contributed by atoms with Crippen LogP contribution in [-0.2, 0) is 20.2 Å². The molecule has 0 spiro atoms. The fourth-order valence-electron chi connectivity index (χ4n) is 3.88. The molecule has 1 atom stereocenters. The summed E-state index contributed by atoms with van der Waals surface area (Å²) < 4.78 is 66.8. The van der Waals surface area contributed by atoms with Gasteiger partial charge < -0.3 is 18.9 Å². The van der Waals surface area contributed by atoms with E-state index < -0.39 is 31.7 Å². The topological polar surface area (TPSA) is 121 Å². The smallest absolute Gasteiger partial charge is 0.101 e. The summed E-state index contributed by atoms with van der Waals surface area (Å²) in [5.41, 5.74) is 1.67. The van der Waals surface area contributed by atoms with E-state index in [4.69, 9.17) is 23.2 Å². The van der Waals surface area contributed by atoms with Gasteiger partial charge in [0.2, 0.25) is 0 Å². The monoisotopic (exact) mass is 594 g/mol. The summed E-state index contributed by atoms with van der Waals surface area (Å²) in [5.74, 6) is -0.947. The number of halogens is 2. The van der Waals surface area contributed by atoms with Crippen molar-refractivity contribution in [2.45, 2.75) is 28.0 Å². The highest BCUT2D eigenvalue weighted by Crippen LogP contribution is 2.50. The van der Waals surface area contributed by atoms with Gasteiger partial charge in [0.25, 0.3) is 0 Å². The summed E-state index contributed by atoms with van der Waals surface area (Å²) in [6.45, 7) is 0.631. The molecule has 0 aliphatic carbocycles. The van der Waals surface area contributed by atoms with Gasteiger partial charge in [0.05, 0.1) is 36.6 Å². The Labute approximate surface area is 223 Å². The highest BCUT2D eigenvalue weighted by Gasteiger charge is 2.32. The maximum Gasteiger partial charge on any atom is 0.101 e. The first-order chi connectivity index (χ1) is 16.4. The lowest BCUT2D eigenvalue weighted by Gasteiger charge is -2.27. The van der Waals surface area contributed by atoms with Crippen molar-refractivity contribution in [2.24, 2.45) is 0 Å². The first-order valence-corrected chi connectivity index (χ1v) is 16.1. The minimum Gasteiger partial charge on any atom is -0.748 e. The second-order valence-corrected chi connectivity index (χ2v) is 14.1. The normalized spacial score (nSPS) is 18.9. The van der Waals surface area contributed by atoms with Gasteiger partial charge in [0.1, 0.15) is 5.37 Å². The van der Waals surface area contributed by atoms with Crippen LogP contribution in [0.25, 0.3) is 0 Å². The van der Waals surface area contributed by atoms with Crippen LogP contribution in [0.4, 0.5) is 11.4 Å². The van der Waals surface area contributed by atoms with Crippen molar-refractivity contribution >= 4 is 78.3 Å². The molecule has 190 valence electrons. The van der Waals surface area contributed by atoms with Crippen molar-refractivity contribution in [3.8, 4) is 0 Å². The molecule has 4 rings (SSSR count). The minimum absolute atomic E-state index is 0.147. The second kappa shape index (κ2) is 10.7. The van der Waals surface area contributed by atoms with Gasteiger partial charge in [-0.2, -0.15) is 0 Å². The Bertz CT molecular complexity index is 1370. The van der Waals surface area contributed by atoms with E-state index in [-0.39, 0.29) is 18.2 Å². The Morgan fingerprint density at radius 1 is 0.857 bits per heavy atom. The number of anilines is 2. The number of hydrogen-bond donors (Lipinski definition) is 0. The van der Waals surface area contributed by atoms with Crippen molar-refractivity contribution < 1.29 is 25.9 Å². The van der Waals surface area contributed by atoms with Gasteiger partial charge in [-0.25, -0.2) is 16.8 Å². The Kier molecular flexibility index (Phi) is 8.23. The molecule has 2 heterocycles. The van der Waals surface area contributed by atoms with Gasteiger partial charge in [-0.15, -0.1) is 0 Å². The maximum atomic E-state index is 11.1. The molecule has 0 bridgehead atoms. The summed E-state index contributed by atoms with van der Waals surface area (Å²) in [7, 11) is -8.68. The highest BCUT2D eigenvalue weighted by molar-refractivity contribution is 8.04. The number of rotatable bonds is 9. The van der Waals surface area contributed by atoms with Crippen LogP contribution in [0, 0.1) is 0 Å². The fourth-order valence-corrected chi connectivity index (χ4v) is 7.64. The van der Waals surface area contributed by atoms with E-state index in [0.717, 1.165) is 26.2 Å². The Morgan fingerprint density at radius 2 is 1.43 bits per heavy atom. The first-order valence-electron chi connectivity index (χ1n) is 10.5. The number of nitrogens with zero attached hydrogens (tertiary/aromatic N) is 2. The van der Waals surface area contributed by atoms with Gasteiger partial charge in [-0.1, -0.05) is 46.7 Å². The average molecular weight is 596 g/mol.